The number of amides is 4. The van der Waals surface area contributed by atoms with Gasteiger partial charge in [-0.1, -0.05) is 5.16 Å². The Morgan fingerprint density at radius 1 is 1.41 bits per heavy atom. The van der Waals surface area contributed by atoms with Gasteiger partial charge in [0.05, 0.1) is 6.04 Å². The smallest absolute Gasteiger partial charge is 0.362 e. The number of nitrogen functional groups attached to an aromatic ring is 1. The number of hydrogen-bond donors (Lipinski definition) is 6. The van der Waals surface area contributed by atoms with Crippen molar-refractivity contribution in [2.75, 3.05) is 12.3 Å². The van der Waals surface area contributed by atoms with Crippen LogP contribution in [0, 0.1) is 0 Å². The summed E-state index contributed by atoms with van der Waals surface area (Å²) >= 11 is 0.930. The van der Waals surface area contributed by atoms with Crippen molar-refractivity contribution < 1.29 is 42.1 Å². The highest BCUT2D eigenvalue weighted by Crippen LogP contribution is 2.24. The molecule has 18 heteroatoms. The van der Waals surface area contributed by atoms with Crippen LogP contribution >= 0.6 is 11.3 Å². The molecule has 176 valence electrons. The predicted octanol–water partition coefficient (Wildman–Crippen LogP) is -2.52. The number of aliphatic carboxylic acids is 1. The molecule has 2 atom stereocenters. The lowest BCUT2D eigenvalue weighted by Crippen LogP contribution is -2.74. The van der Waals surface area contributed by atoms with Crippen molar-refractivity contribution in [3.05, 3.63) is 11.1 Å². The zero-order chi connectivity index (χ0) is 24.4. The number of nitrogens with one attached hydrogen (secondary N) is 2. The average molecular weight is 493 g/mol. The molecule has 1 aromatic rings. The first-order valence-corrected chi connectivity index (χ1v) is 10.8. The molecule has 1 fully saturated rings. The summed E-state index contributed by atoms with van der Waals surface area (Å²) in [5, 5.41) is 18.3. The number of urea groups is 1. The minimum Gasteiger partial charge on any atom is -0.478 e. The molecule has 1 aliphatic heterocycles. The van der Waals surface area contributed by atoms with Crippen LogP contribution in [0.5, 0.6) is 0 Å². The van der Waals surface area contributed by atoms with Crippen molar-refractivity contribution >= 4 is 56.3 Å². The third-order valence-electron chi connectivity index (χ3n) is 4.05. The number of oxime groups is 1. The Morgan fingerprint density at radius 2 is 2.03 bits per heavy atom. The molecule has 0 saturated carbocycles. The number of thiazole rings is 1. The van der Waals surface area contributed by atoms with E-state index in [4.69, 9.17) is 21.4 Å². The molecule has 0 aromatic carbocycles. The molecule has 0 spiro atoms. The maximum atomic E-state index is 12.8. The zero-order valence-electron chi connectivity index (χ0n) is 16.5. The fourth-order valence-corrected chi connectivity index (χ4v) is 3.80. The minimum atomic E-state index is -5.00. The molecule has 0 radical (unpaired) electrons. The van der Waals surface area contributed by atoms with Crippen molar-refractivity contribution in [3.8, 4) is 0 Å². The number of carboxylic acid groups (broad SMARTS) is 1. The Bertz CT molecular complexity index is 1080. The number of carboxylic acids is 1. The van der Waals surface area contributed by atoms with Gasteiger partial charge in [0, 0.05) is 11.9 Å². The van der Waals surface area contributed by atoms with E-state index in [0.717, 1.165) is 25.2 Å². The molecule has 1 aliphatic rings. The number of nitrogens with two attached hydrogens (primary N) is 2. The van der Waals surface area contributed by atoms with Crippen molar-refractivity contribution in [1.29, 1.82) is 0 Å². The normalized spacial score (nSPS) is 19.2. The average Bonchev–Trinajstić information content (AvgIpc) is 3.07. The summed E-state index contributed by atoms with van der Waals surface area (Å²) in [6.07, 6.45) is 0. The SMILES string of the molecule is CC(C)(O/N=C(\C(=O)N[C@H]1C(=O)N(S(=O)(=O)O)[C@H]1CNC(N)=O)c1csc(N)n1)C(=O)O. The van der Waals surface area contributed by atoms with Crippen molar-refractivity contribution in [2.24, 2.45) is 10.9 Å². The fourth-order valence-electron chi connectivity index (χ4n) is 2.38. The second-order valence-corrected chi connectivity index (χ2v) is 8.97. The van der Waals surface area contributed by atoms with Crippen LogP contribution in [0.1, 0.15) is 19.5 Å². The van der Waals surface area contributed by atoms with E-state index in [9.17, 15) is 32.1 Å². The molecule has 0 unspecified atom stereocenters. The maximum Gasteiger partial charge on any atom is 0.362 e. The van der Waals surface area contributed by atoms with Gasteiger partial charge in [0.2, 0.25) is 5.60 Å². The van der Waals surface area contributed by atoms with E-state index in [1.165, 1.54) is 5.38 Å². The lowest BCUT2D eigenvalue weighted by atomic mass is 9.98. The molecule has 4 amide bonds. The first-order chi connectivity index (χ1) is 14.6. The van der Waals surface area contributed by atoms with Gasteiger partial charge in [-0.15, -0.1) is 11.3 Å². The van der Waals surface area contributed by atoms with Crippen LogP contribution in [0.3, 0.4) is 0 Å². The van der Waals surface area contributed by atoms with Crippen molar-refractivity contribution in [2.45, 2.75) is 31.5 Å². The van der Waals surface area contributed by atoms with Crippen molar-refractivity contribution in [3.63, 3.8) is 0 Å². The molecule has 8 N–H and O–H groups in total. The van der Waals surface area contributed by atoms with Crippen LogP contribution in [0.15, 0.2) is 10.5 Å². The topological polar surface area (TPSA) is 257 Å². The molecule has 1 aromatic heterocycles. The molecule has 1 saturated heterocycles. The van der Waals surface area contributed by atoms with Gasteiger partial charge in [0.25, 0.3) is 11.8 Å². The Labute approximate surface area is 184 Å². The van der Waals surface area contributed by atoms with Crippen molar-refractivity contribution in [1.82, 2.24) is 19.9 Å². The second kappa shape index (κ2) is 8.93. The van der Waals surface area contributed by atoms with Crippen LogP contribution < -0.4 is 22.1 Å². The van der Waals surface area contributed by atoms with E-state index in [1.807, 2.05) is 0 Å². The third kappa shape index (κ3) is 5.39. The summed E-state index contributed by atoms with van der Waals surface area (Å²) in [4.78, 5) is 55.9. The predicted molar refractivity (Wildman–Crippen MR) is 108 cm³/mol. The van der Waals surface area contributed by atoms with E-state index in [-0.39, 0.29) is 15.1 Å². The quantitative estimate of drug-likeness (QED) is 0.0904. The highest BCUT2D eigenvalue weighted by atomic mass is 32.2. The monoisotopic (exact) mass is 493 g/mol. The number of anilines is 1. The molecule has 0 bridgehead atoms. The molecular formula is C14H19N7O9S2. The van der Waals surface area contributed by atoms with Crippen LogP contribution in [-0.2, 0) is 29.5 Å². The summed E-state index contributed by atoms with van der Waals surface area (Å²) in [7, 11) is -5.00. The summed E-state index contributed by atoms with van der Waals surface area (Å²) in [5.74, 6) is -3.70. The van der Waals surface area contributed by atoms with E-state index in [2.05, 4.69) is 20.8 Å². The number of primary amides is 1. The van der Waals surface area contributed by atoms with E-state index in [0.29, 0.717) is 0 Å². The molecule has 32 heavy (non-hydrogen) atoms. The van der Waals surface area contributed by atoms with Gasteiger partial charge in [0.15, 0.2) is 10.8 Å². The summed E-state index contributed by atoms with van der Waals surface area (Å²) in [6, 6.07) is -3.98. The molecule has 2 rings (SSSR count). The summed E-state index contributed by atoms with van der Waals surface area (Å²) < 4.78 is 32.1. The Balaban J connectivity index is 2.32. The third-order valence-corrected chi connectivity index (χ3v) is 5.67. The maximum absolute atomic E-state index is 12.8. The van der Waals surface area contributed by atoms with E-state index in [1.54, 1.807) is 0 Å². The zero-order valence-corrected chi connectivity index (χ0v) is 18.1. The number of aromatic nitrogens is 1. The van der Waals surface area contributed by atoms with Gasteiger partial charge in [-0.25, -0.2) is 18.9 Å². The van der Waals surface area contributed by atoms with E-state index >= 15 is 0 Å². The number of carbonyl (C=O) groups is 4. The largest absolute Gasteiger partial charge is 0.478 e. The first kappa shape index (κ1) is 24.8. The number of hydrogen-bond acceptors (Lipinski definition) is 11. The Kier molecular flexibility index (Phi) is 6.90. The van der Waals surface area contributed by atoms with Crippen LogP contribution in [0.4, 0.5) is 9.93 Å². The van der Waals surface area contributed by atoms with E-state index < -0.39 is 64.1 Å². The number of β-lactam (4-membered cyclic amide) rings is 1. The number of rotatable bonds is 9. The van der Waals surface area contributed by atoms with Gasteiger partial charge < -0.3 is 32.0 Å². The van der Waals surface area contributed by atoms with Gasteiger partial charge in [-0.2, -0.15) is 8.42 Å². The van der Waals surface area contributed by atoms with Gasteiger partial charge >= 0.3 is 22.3 Å². The van der Waals surface area contributed by atoms with Gasteiger partial charge in [-0.05, 0) is 13.8 Å². The van der Waals surface area contributed by atoms with Gasteiger partial charge in [0.1, 0.15) is 11.7 Å². The second-order valence-electron chi connectivity index (χ2n) is 6.79. The number of nitrogens with zero attached hydrogens (tertiary/aromatic N) is 3. The van der Waals surface area contributed by atoms with Crippen LogP contribution in [-0.4, -0.2) is 81.1 Å². The highest BCUT2D eigenvalue weighted by molar-refractivity contribution is 7.84. The standard InChI is InChI=1S/C14H19N7O9S2/c1-14(2,11(24)25)30-20-7(5-4-31-13(16)18-5)9(22)19-8-6(3-17-12(15)26)21(10(8)23)32(27,28)29/h4,6,8H,3H2,1-2H3,(H2,16,18)(H,19,22)(H,24,25)(H3,15,17,26)(H,27,28,29)/b20-7-/t6-,8+/m0/s1. The highest BCUT2D eigenvalue weighted by Gasteiger charge is 2.54. The Hall–Kier alpha value is -3.51. The number of carbonyl (C=O) groups excluding carboxylic acids is 3. The molecule has 2 heterocycles. The molecular weight excluding hydrogens is 474 g/mol. The van der Waals surface area contributed by atoms with Crippen LogP contribution in [0.2, 0.25) is 0 Å². The summed E-state index contributed by atoms with van der Waals surface area (Å²) in [6.45, 7) is 1.80. The van der Waals surface area contributed by atoms with Gasteiger partial charge in [-0.3, -0.25) is 14.1 Å². The molecule has 16 nitrogen and oxygen atoms in total. The molecule has 0 aliphatic carbocycles. The van der Waals surface area contributed by atoms with Crippen LogP contribution in [0.25, 0.3) is 0 Å². The minimum absolute atomic E-state index is 0.0406. The fraction of sp³-hybridized carbons (Fsp3) is 0.429. The summed E-state index contributed by atoms with van der Waals surface area (Å²) in [5.41, 5.74) is 7.96. The Morgan fingerprint density at radius 3 is 2.50 bits per heavy atom. The first-order valence-electron chi connectivity index (χ1n) is 8.51. The lowest BCUT2D eigenvalue weighted by molar-refractivity contribution is -0.161. The lowest BCUT2D eigenvalue weighted by Gasteiger charge is -2.44.